The summed E-state index contributed by atoms with van der Waals surface area (Å²) in [5.74, 6) is 0. The van der Waals surface area contributed by atoms with Crippen molar-refractivity contribution < 1.29 is 9.90 Å². The summed E-state index contributed by atoms with van der Waals surface area (Å²) in [4.78, 5) is 14.2. The van der Waals surface area contributed by atoms with E-state index in [1.54, 1.807) is 34.1 Å². The minimum Gasteiger partial charge on any atom is -0.500 e. The lowest BCUT2D eigenvalue weighted by Gasteiger charge is -1.98. The zero-order valence-electron chi connectivity index (χ0n) is 9.16. The molecule has 0 aromatic carbocycles. The first-order valence-electron chi connectivity index (χ1n) is 5.21. The van der Waals surface area contributed by atoms with E-state index in [0.717, 1.165) is 15.3 Å². The number of thiophene rings is 3. The summed E-state index contributed by atoms with van der Waals surface area (Å²) in [5, 5.41) is 15.8. The van der Waals surface area contributed by atoms with Crippen LogP contribution in [0, 0.1) is 0 Å². The molecule has 3 rings (SSSR count). The Morgan fingerprint density at radius 3 is 2.72 bits per heavy atom. The molecule has 18 heavy (non-hydrogen) atoms. The summed E-state index contributed by atoms with van der Waals surface area (Å²) < 4.78 is 0. The highest BCUT2D eigenvalue weighted by Gasteiger charge is 2.21. The van der Waals surface area contributed by atoms with Crippen LogP contribution in [-0.2, 0) is 0 Å². The molecule has 0 aliphatic carbocycles. The standard InChI is InChI=1S/C13H8O2S3/c14-13(15)18-8-2-4-11(18)12-9(5-7-17-12)10-3-1-6-16-10/h1-8H. The monoisotopic (exact) mass is 292 g/mol. The Labute approximate surface area is 115 Å². The molecule has 0 bridgehead atoms. The van der Waals surface area contributed by atoms with Gasteiger partial charge in [0.1, 0.15) is 5.38 Å². The van der Waals surface area contributed by atoms with Crippen LogP contribution in [-0.4, -0.2) is 5.30 Å². The molecule has 0 N–H and O–H groups in total. The highest BCUT2D eigenvalue weighted by Crippen LogP contribution is 2.44. The maximum absolute atomic E-state index is 11.1. The molecular formula is C13H8O2S3. The maximum atomic E-state index is 11.1. The van der Waals surface area contributed by atoms with E-state index in [-0.39, 0.29) is 0 Å². The van der Waals surface area contributed by atoms with Crippen LogP contribution in [0.15, 0.2) is 46.5 Å². The molecule has 0 aliphatic rings. The molecule has 0 spiro atoms. The second-order valence-corrected chi connectivity index (χ2v) is 7.17. The van der Waals surface area contributed by atoms with Gasteiger partial charge in [0.05, 0.1) is 4.88 Å². The van der Waals surface area contributed by atoms with Gasteiger partial charge in [-0.3, -0.25) is 0 Å². The quantitative estimate of drug-likeness (QED) is 0.682. The van der Waals surface area contributed by atoms with Crippen molar-refractivity contribution in [2.24, 2.45) is 0 Å². The molecular weight excluding hydrogens is 284 g/mol. The van der Waals surface area contributed by atoms with Crippen LogP contribution in [0.25, 0.3) is 20.2 Å². The first-order chi connectivity index (χ1) is 8.77. The van der Waals surface area contributed by atoms with Crippen molar-refractivity contribution in [3.05, 3.63) is 46.5 Å². The lowest BCUT2D eigenvalue weighted by molar-refractivity contribution is -0.233. The number of carboxylic acid groups (broad SMARTS) is 1. The molecule has 2 nitrogen and oxygen atoms in total. The molecule has 90 valence electrons. The van der Waals surface area contributed by atoms with Gasteiger partial charge in [-0.1, -0.05) is 6.07 Å². The summed E-state index contributed by atoms with van der Waals surface area (Å²) in [6.07, 6.45) is 0. The lowest BCUT2D eigenvalue weighted by Crippen LogP contribution is -2.16. The molecule has 0 radical (unpaired) electrons. The Bertz CT molecular complexity index is 677. The molecule has 0 amide bonds. The average molecular weight is 292 g/mol. The number of hydrogen-bond donors (Lipinski definition) is 0. The Morgan fingerprint density at radius 1 is 1.11 bits per heavy atom. The fraction of sp³-hybridized carbons (Fsp3) is 0. The van der Waals surface area contributed by atoms with E-state index in [1.807, 2.05) is 29.0 Å². The highest BCUT2D eigenvalue weighted by molar-refractivity contribution is 7.52. The third-order valence-corrected chi connectivity index (χ3v) is 6.14. The molecule has 0 saturated heterocycles. The van der Waals surface area contributed by atoms with Crippen LogP contribution in [0.5, 0.6) is 0 Å². The lowest BCUT2D eigenvalue weighted by atomic mass is 10.2. The molecule has 1 atom stereocenters. The third-order valence-electron chi connectivity index (χ3n) is 2.55. The van der Waals surface area contributed by atoms with Crippen molar-refractivity contribution in [3.8, 4) is 20.2 Å². The van der Waals surface area contributed by atoms with Crippen molar-refractivity contribution >= 4 is 38.4 Å². The fourth-order valence-electron chi connectivity index (χ4n) is 1.80. The van der Waals surface area contributed by atoms with Crippen molar-refractivity contribution in [2.45, 2.75) is 0 Å². The topological polar surface area (TPSA) is 40.1 Å². The summed E-state index contributed by atoms with van der Waals surface area (Å²) >= 11 is 3.24. The SMILES string of the molecule is O=C([O-])[s+]1cccc1-c1sccc1-c1cccs1. The van der Waals surface area contributed by atoms with Gasteiger partial charge >= 0.3 is 5.30 Å². The number of hydrogen-bond acceptors (Lipinski definition) is 4. The minimum absolute atomic E-state index is 0.855. The van der Waals surface area contributed by atoms with Gasteiger partial charge in [0, 0.05) is 27.0 Å². The third kappa shape index (κ3) is 1.90. The van der Waals surface area contributed by atoms with Crippen LogP contribution in [0.3, 0.4) is 0 Å². The van der Waals surface area contributed by atoms with Gasteiger partial charge in [-0.25, -0.2) is 0 Å². The van der Waals surface area contributed by atoms with Crippen molar-refractivity contribution in [3.63, 3.8) is 0 Å². The van der Waals surface area contributed by atoms with E-state index in [9.17, 15) is 9.90 Å². The molecule has 0 aliphatic heterocycles. The fourth-order valence-corrected chi connectivity index (χ4v) is 5.07. The second-order valence-electron chi connectivity index (χ2n) is 3.59. The van der Waals surface area contributed by atoms with Gasteiger partial charge in [0.2, 0.25) is 0 Å². The molecule has 3 aromatic rings. The Balaban J connectivity index is 2.16. The summed E-state index contributed by atoms with van der Waals surface area (Å²) in [5.41, 5.74) is 1.11. The molecule has 1 unspecified atom stereocenters. The van der Waals surface area contributed by atoms with E-state index >= 15 is 0 Å². The summed E-state index contributed by atoms with van der Waals surface area (Å²) in [6, 6.07) is 9.77. The van der Waals surface area contributed by atoms with E-state index < -0.39 is 15.8 Å². The maximum Gasteiger partial charge on any atom is 0.301 e. The van der Waals surface area contributed by atoms with Crippen molar-refractivity contribution in [2.75, 3.05) is 0 Å². The number of rotatable bonds is 3. The van der Waals surface area contributed by atoms with Crippen molar-refractivity contribution in [1.82, 2.24) is 0 Å². The molecule has 3 heterocycles. The Morgan fingerprint density at radius 2 is 2.00 bits per heavy atom. The van der Waals surface area contributed by atoms with Gasteiger partial charge in [-0.05, 0) is 29.0 Å². The van der Waals surface area contributed by atoms with Gasteiger partial charge in [0.25, 0.3) is 0 Å². The highest BCUT2D eigenvalue weighted by atomic mass is 32.2. The predicted molar refractivity (Wildman–Crippen MR) is 76.3 cm³/mol. The summed E-state index contributed by atoms with van der Waals surface area (Å²) in [7, 11) is -0.917. The van der Waals surface area contributed by atoms with E-state index in [1.165, 1.54) is 4.88 Å². The first-order valence-corrected chi connectivity index (χ1v) is 8.26. The second kappa shape index (κ2) is 4.68. The van der Waals surface area contributed by atoms with E-state index in [0.29, 0.717) is 0 Å². The van der Waals surface area contributed by atoms with Crippen LogP contribution >= 0.6 is 33.1 Å². The molecule has 0 saturated carbocycles. The van der Waals surface area contributed by atoms with Gasteiger partial charge < -0.3 is 9.90 Å². The smallest absolute Gasteiger partial charge is 0.301 e. The normalized spacial score (nSPS) is 11.7. The number of carbonyl (C=O) groups excluding carboxylic acids is 1. The largest absolute Gasteiger partial charge is 0.500 e. The number of carbonyl (C=O) groups is 1. The van der Waals surface area contributed by atoms with Crippen LogP contribution < -0.4 is 5.11 Å². The first kappa shape index (κ1) is 11.6. The minimum atomic E-state index is -1.01. The zero-order chi connectivity index (χ0) is 12.5. The van der Waals surface area contributed by atoms with Crippen LogP contribution in [0.4, 0.5) is 4.79 Å². The predicted octanol–water partition coefficient (Wildman–Crippen LogP) is 4.08. The summed E-state index contributed by atoms with van der Waals surface area (Å²) in [6.45, 7) is 0. The van der Waals surface area contributed by atoms with Gasteiger partial charge in [-0.15, -0.1) is 22.7 Å². The zero-order valence-corrected chi connectivity index (χ0v) is 11.6. The average Bonchev–Trinajstić information content (AvgIpc) is 3.10. The van der Waals surface area contributed by atoms with Crippen molar-refractivity contribution in [1.29, 1.82) is 0 Å². The Hall–Kier alpha value is -1.43. The van der Waals surface area contributed by atoms with E-state index in [2.05, 4.69) is 6.07 Å². The van der Waals surface area contributed by atoms with E-state index in [4.69, 9.17) is 0 Å². The van der Waals surface area contributed by atoms with Crippen LogP contribution in [0.2, 0.25) is 0 Å². The molecule has 3 aromatic heterocycles. The van der Waals surface area contributed by atoms with Gasteiger partial charge in [-0.2, -0.15) is 0 Å². The molecule has 0 fully saturated rings. The van der Waals surface area contributed by atoms with Crippen LogP contribution in [0.1, 0.15) is 0 Å². The van der Waals surface area contributed by atoms with Gasteiger partial charge in [0.15, 0.2) is 4.88 Å². The molecule has 5 heteroatoms. The Kier molecular flexibility index (Phi) is 3.03.